The number of rotatable bonds is 6. The first-order valence-corrected chi connectivity index (χ1v) is 7.22. The zero-order valence-electron chi connectivity index (χ0n) is 11.8. The molecule has 1 fully saturated rings. The third-order valence-electron chi connectivity index (χ3n) is 3.59. The average Bonchev–Trinajstić information content (AvgIpc) is 2.37. The molecule has 0 spiro atoms. The first-order valence-electron chi connectivity index (χ1n) is 6.84. The summed E-state index contributed by atoms with van der Waals surface area (Å²) >= 11 is 6.01. The molecule has 0 saturated heterocycles. The van der Waals surface area contributed by atoms with Crippen molar-refractivity contribution in [1.82, 2.24) is 5.32 Å². The normalized spacial score (nSPS) is 26.0. The van der Waals surface area contributed by atoms with Crippen LogP contribution in [0.3, 0.4) is 0 Å². The van der Waals surface area contributed by atoms with Crippen molar-refractivity contribution in [2.45, 2.75) is 44.9 Å². The number of methoxy groups -OCH3 is 1. The molecular weight excluding hydrogens is 262 g/mol. The lowest BCUT2D eigenvalue weighted by atomic mass is 9.85. The first kappa shape index (κ1) is 14.6. The molecule has 0 heterocycles. The second-order valence-electron chi connectivity index (χ2n) is 5.06. The van der Waals surface area contributed by atoms with Crippen molar-refractivity contribution in [3.05, 3.63) is 28.8 Å². The summed E-state index contributed by atoms with van der Waals surface area (Å²) in [6.07, 6.45) is 2.37. The van der Waals surface area contributed by atoms with E-state index in [2.05, 4.69) is 12.2 Å². The quantitative estimate of drug-likeness (QED) is 0.870. The average molecular weight is 284 g/mol. The summed E-state index contributed by atoms with van der Waals surface area (Å²) in [5.74, 6) is 0.864. The largest absolute Gasteiger partial charge is 0.488 e. The molecule has 3 unspecified atom stereocenters. The lowest BCUT2D eigenvalue weighted by Gasteiger charge is -2.43. The van der Waals surface area contributed by atoms with Crippen LogP contribution in [0.15, 0.2) is 18.2 Å². The molecule has 1 N–H and O–H groups in total. The molecule has 1 aromatic rings. The van der Waals surface area contributed by atoms with E-state index < -0.39 is 0 Å². The van der Waals surface area contributed by atoms with Gasteiger partial charge in [-0.2, -0.15) is 0 Å². The highest BCUT2D eigenvalue weighted by molar-refractivity contribution is 6.31. The van der Waals surface area contributed by atoms with E-state index in [4.69, 9.17) is 21.1 Å². The van der Waals surface area contributed by atoms with Gasteiger partial charge < -0.3 is 14.8 Å². The molecule has 0 radical (unpaired) electrons. The Hall–Kier alpha value is -0.770. The second-order valence-corrected chi connectivity index (χ2v) is 5.47. The molecule has 0 bridgehead atoms. The van der Waals surface area contributed by atoms with E-state index >= 15 is 0 Å². The summed E-state index contributed by atoms with van der Waals surface area (Å²) in [5.41, 5.74) is 1.04. The number of halogens is 1. The fourth-order valence-electron chi connectivity index (χ4n) is 2.41. The van der Waals surface area contributed by atoms with Crippen molar-refractivity contribution >= 4 is 11.6 Å². The zero-order valence-corrected chi connectivity index (χ0v) is 12.5. The van der Waals surface area contributed by atoms with Crippen molar-refractivity contribution < 1.29 is 9.47 Å². The predicted molar refractivity (Wildman–Crippen MR) is 78.1 cm³/mol. The summed E-state index contributed by atoms with van der Waals surface area (Å²) in [7, 11) is 1.74. The predicted octanol–water partition coefficient (Wildman–Crippen LogP) is 3.18. The summed E-state index contributed by atoms with van der Waals surface area (Å²) in [6.45, 7) is 5.17. The van der Waals surface area contributed by atoms with Crippen LogP contribution >= 0.6 is 11.6 Å². The van der Waals surface area contributed by atoms with Crippen LogP contribution in [0, 0.1) is 6.92 Å². The van der Waals surface area contributed by atoms with Gasteiger partial charge in [-0.15, -0.1) is 0 Å². The molecule has 1 aromatic carbocycles. The standard InChI is InChI=1S/C15H22ClNO2/c1-4-7-17-13-9-14(15(13)18-3)19-11-5-6-12(16)10(2)8-11/h5-6,8,13-15,17H,4,7,9H2,1-3H3. The van der Waals surface area contributed by atoms with Gasteiger partial charge in [0, 0.05) is 24.6 Å². The minimum Gasteiger partial charge on any atom is -0.488 e. The van der Waals surface area contributed by atoms with Crippen LogP contribution in [0.2, 0.25) is 5.02 Å². The molecule has 19 heavy (non-hydrogen) atoms. The van der Waals surface area contributed by atoms with Gasteiger partial charge in [-0.05, 0) is 43.7 Å². The van der Waals surface area contributed by atoms with Crippen LogP contribution < -0.4 is 10.1 Å². The fourth-order valence-corrected chi connectivity index (χ4v) is 2.53. The van der Waals surface area contributed by atoms with Gasteiger partial charge in [-0.3, -0.25) is 0 Å². The van der Waals surface area contributed by atoms with Crippen LogP contribution in [0.5, 0.6) is 5.75 Å². The highest BCUT2D eigenvalue weighted by atomic mass is 35.5. The number of nitrogens with one attached hydrogen (secondary N) is 1. The number of ether oxygens (including phenoxy) is 2. The molecule has 1 aliphatic rings. The minimum absolute atomic E-state index is 0.125. The fraction of sp³-hybridized carbons (Fsp3) is 0.600. The van der Waals surface area contributed by atoms with E-state index in [9.17, 15) is 0 Å². The van der Waals surface area contributed by atoms with Crippen LogP contribution in [0.1, 0.15) is 25.3 Å². The molecule has 3 atom stereocenters. The summed E-state index contributed by atoms with van der Waals surface area (Å²) < 4.78 is 11.5. The smallest absolute Gasteiger partial charge is 0.128 e. The van der Waals surface area contributed by atoms with Crippen molar-refractivity contribution in [3.8, 4) is 5.75 Å². The van der Waals surface area contributed by atoms with Gasteiger partial charge in [0.1, 0.15) is 18.0 Å². The van der Waals surface area contributed by atoms with E-state index in [0.29, 0.717) is 6.04 Å². The maximum atomic E-state index is 6.01. The van der Waals surface area contributed by atoms with E-state index in [-0.39, 0.29) is 12.2 Å². The minimum atomic E-state index is 0.125. The number of hydrogen-bond acceptors (Lipinski definition) is 3. The van der Waals surface area contributed by atoms with Crippen LogP contribution in [0.25, 0.3) is 0 Å². The van der Waals surface area contributed by atoms with Gasteiger partial charge in [-0.1, -0.05) is 18.5 Å². The molecule has 0 amide bonds. The van der Waals surface area contributed by atoms with Gasteiger partial charge in [-0.25, -0.2) is 0 Å². The molecule has 2 rings (SSSR count). The number of benzene rings is 1. The maximum Gasteiger partial charge on any atom is 0.128 e. The second kappa shape index (κ2) is 6.60. The first-order chi connectivity index (χ1) is 9.15. The van der Waals surface area contributed by atoms with Gasteiger partial charge in [0.15, 0.2) is 0 Å². The van der Waals surface area contributed by atoms with E-state index in [1.807, 2.05) is 25.1 Å². The highest BCUT2D eigenvalue weighted by Gasteiger charge is 2.42. The molecule has 106 valence electrons. The summed E-state index contributed by atoms with van der Waals surface area (Å²) in [4.78, 5) is 0. The van der Waals surface area contributed by atoms with E-state index in [1.165, 1.54) is 0 Å². The van der Waals surface area contributed by atoms with Crippen molar-refractivity contribution in [3.63, 3.8) is 0 Å². The van der Waals surface area contributed by atoms with Gasteiger partial charge >= 0.3 is 0 Å². The van der Waals surface area contributed by atoms with E-state index in [0.717, 1.165) is 35.7 Å². The third kappa shape index (κ3) is 3.41. The third-order valence-corrected chi connectivity index (χ3v) is 4.02. The van der Waals surface area contributed by atoms with Gasteiger partial charge in [0.25, 0.3) is 0 Å². The van der Waals surface area contributed by atoms with Crippen molar-refractivity contribution in [2.75, 3.05) is 13.7 Å². The zero-order chi connectivity index (χ0) is 13.8. The van der Waals surface area contributed by atoms with Crippen molar-refractivity contribution in [1.29, 1.82) is 0 Å². The Bertz CT molecular complexity index is 425. The lowest BCUT2D eigenvalue weighted by molar-refractivity contribution is -0.0887. The molecule has 1 saturated carbocycles. The molecule has 1 aliphatic carbocycles. The molecular formula is C15H22ClNO2. The SMILES string of the molecule is CCCNC1CC(Oc2ccc(Cl)c(C)c2)C1OC. The maximum absolute atomic E-state index is 6.01. The lowest BCUT2D eigenvalue weighted by Crippen LogP contribution is -2.61. The monoisotopic (exact) mass is 283 g/mol. The number of aryl methyl sites for hydroxylation is 1. The Balaban J connectivity index is 1.91. The van der Waals surface area contributed by atoms with Crippen LogP contribution in [-0.2, 0) is 4.74 Å². The Kier molecular flexibility index (Phi) is 5.08. The highest BCUT2D eigenvalue weighted by Crippen LogP contribution is 2.30. The molecule has 3 nitrogen and oxygen atoms in total. The van der Waals surface area contributed by atoms with E-state index in [1.54, 1.807) is 7.11 Å². The van der Waals surface area contributed by atoms with Crippen LogP contribution in [0.4, 0.5) is 0 Å². The summed E-state index contributed by atoms with van der Waals surface area (Å²) in [6, 6.07) is 6.17. The van der Waals surface area contributed by atoms with Crippen molar-refractivity contribution in [2.24, 2.45) is 0 Å². The Morgan fingerprint density at radius 1 is 1.42 bits per heavy atom. The Labute approximate surface area is 120 Å². The van der Waals surface area contributed by atoms with Gasteiger partial charge in [0.05, 0.1) is 0 Å². The Morgan fingerprint density at radius 2 is 2.21 bits per heavy atom. The molecule has 0 aliphatic heterocycles. The Morgan fingerprint density at radius 3 is 2.84 bits per heavy atom. The topological polar surface area (TPSA) is 30.5 Å². The number of hydrogen-bond donors (Lipinski definition) is 1. The van der Waals surface area contributed by atoms with Gasteiger partial charge in [0.2, 0.25) is 0 Å². The summed E-state index contributed by atoms with van der Waals surface area (Å²) in [5, 5.41) is 4.25. The van der Waals surface area contributed by atoms with Crippen LogP contribution in [-0.4, -0.2) is 31.9 Å². The molecule has 0 aromatic heterocycles. The molecule has 4 heteroatoms.